The van der Waals surface area contributed by atoms with E-state index in [1.54, 1.807) is 0 Å². The van der Waals surface area contributed by atoms with Crippen LogP contribution in [0.3, 0.4) is 0 Å². The van der Waals surface area contributed by atoms with Crippen LogP contribution in [-0.4, -0.2) is 29.6 Å². The molecule has 0 radical (unpaired) electrons. The number of ether oxygens (including phenoxy) is 3. The summed E-state index contributed by atoms with van der Waals surface area (Å²) < 4.78 is 17.7. The Bertz CT molecular complexity index is 582. The monoisotopic (exact) mass is 302 g/mol. The molecule has 3 aliphatic rings. The van der Waals surface area contributed by atoms with Crippen LogP contribution in [0.5, 0.6) is 0 Å². The number of esters is 1. The molecule has 2 aliphatic heterocycles. The summed E-state index contributed by atoms with van der Waals surface area (Å²) >= 11 is 0. The second kappa shape index (κ2) is 4.80. The maximum atomic E-state index is 12.1. The Morgan fingerprint density at radius 2 is 2.00 bits per heavy atom. The van der Waals surface area contributed by atoms with Gasteiger partial charge in [0, 0.05) is 20.3 Å². The van der Waals surface area contributed by atoms with E-state index in [9.17, 15) is 4.79 Å². The van der Waals surface area contributed by atoms with Gasteiger partial charge in [-0.2, -0.15) is 0 Å². The first kappa shape index (κ1) is 14.2. The summed E-state index contributed by atoms with van der Waals surface area (Å²) in [5.41, 5.74) is 0.879. The zero-order valence-electron chi connectivity index (χ0n) is 13.1. The number of carbonyl (C=O) groups is 1. The molecule has 0 amide bonds. The molecule has 4 heteroatoms. The predicted molar refractivity (Wildman–Crippen MR) is 80.1 cm³/mol. The van der Waals surface area contributed by atoms with Crippen LogP contribution in [0.25, 0.3) is 0 Å². The third kappa shape index (κ3) is 2.17. The van der Waals surface area contributed by atoms with E-state index in [1.807, 2.05) is 19.9 Å². The number of benzene rings is 1. The zero-order chi connectivity index (χ0) is 15.4. The first-order chi connectivity index (χ1) is 10.5. The van der Waals surface area contributed by atoms with Crippen molar-refractivity contribution in [1.29, 1.82) is 0 Å². The maximum absolute atomic E-state index is 12.1. The topological polar surface area (TPSA) is 44.8 Å². The van der Waals surface area contributed by atoms with Gasteiger partial charge in [-0.25, -0.2) is 0 Å². The van der Waals surface area contributed by atoms with Gasteiger partial charge in [0.15, 0.2) is 0 Å². The highest BCUT2D eigenvalue weighted by Crippen LogP contribution is 2.57. The maximum Gasteiger partial charge on any atom is 0.314 e. The molecule has 1 saturated carbocycles. The largest absolute Gasteiger partial charge is 0.433 e. The summed E-state index contributed by atoms with van der Waals surface area (Å²) in [6.45, 7) is 3.62. The van der Waals surface area contributed by atoms with Crippen molar-refractivity contribution in [3.63, 3.8) is 0 Å². The van der Waals surface area contributed by atoms with Crippen molar-refractivity contribution in [3.8, 4) is 0 Å². The normalized spacial score (nSPS) is 38.6. The molecule has 4 atom stereocenters. The van der Waals surface area contributed by atoms with Crippen LogP contribution in [0.15, 0.2) is 30.3 Å². The quantitative estimate of drug-likeness (QED) is 0.805. The van der Waals surface area contributed by atoms with Gasteiger partial charge in [0.25, 0.3) is 0 Å². The smallest absolute Gasteiger partial charge is 0.314 e. The Labute approximate surface area is 130 Å². The average Bonchev–Trinajstić information content (AvgIpc) is 2.69. The van der Waals surface area contributed by atoms with Gasteiger partial charge in [-0.15, -0.1) is 0 Å². The number of hydrogen-bond donors (Lipinski definition) is 0. The summed E-state index contributed by atoms with van der Waals surface area (Å²) in [5.74, 6) is -1.11. The SMILES string of the molecule is CC1(C)OC(=O)[C@H]2C[C@@H]3O[C@H](CCc4ccccc4)C[C@@]32O1. The summed E-state index contributed by atoms with van der Waals surface area (Å²) in [4.78, 5) is 12.1. The van der Waals surface area contributed by atoms with Crippen molar-refractivity contribution in [3.05, 3.63) is 35.9 Å². The van der Waals surface area contributed by atoms with Crippen LogP contribution in [0.2, 0.25) is 0 Å². The number of cyclic esters (lactones) is 1. The molecule has 22 heavy (non-hydrogen) atoms. The first-order valence-electron chi connectivity index (χ1n) is 8.11. The summed E-state index contributed by atoms with van der Waals surface area (Å²) in [5, 5.41) is 0. The third-order valence-corrected chi connectivity index (χ3v) is 5.15. The summed E-state index contributed by atoms with van der Waals surface area (Å²) in [7, 11) is 0. The van der Waals surface area contributed by atoms with E-state index in [2.05, 4.69) is 24.3 Å². The van der Waals surface area contributed by atoms with Gasteiger partial charge in [-0.3, -0.25) is 4.79 Å². The van der Waals surface area contributed by atoms with Crippen LogP contribution in [-0.2, 0) is 25.4 Å². The molecule has 2 saturated heterocycles. The standard InChI is InChI=1S/C18H22O4/c1-17(2)21-16(19)14-10-15-18(14,22-17)11-13(20-15)9-8-12-6-4-3-5-7-12/h3-7,13-15H,8-11H2,1-2H3/t13-,14-,15+,18+/m1/s1. The molecule has 4 rings (SSSR count). The van der Waals surface area contributed by atoms with Crippen LogP contribution in [0, 0.1) is 5.92 Å². The van der Waals surface area contributed by atoms with Crippen LogP contribution in [0.4, 0.5) is 0 Å². The highest BCUT2D eigenvalue weighted by atomic mass is 16.7. The minimum atomic E-state index is -0.843. The van der Waals surface area contributed by atoms with Crippen molar-refractivity contribution in [1.82, 2.24) is 0 Å². The van der Waals surface area contributed by atoms with E-state index in [0.717, 1.165) is 25.7 Å². The van der Waals surface area contributed by atoms with Gasteiger partial charge in [-0.1, -0.05) is 30.3 Å². The average molecular weight is 302 g/mol. The van der Waals surface area contributed by atoms with Crippen molar-refractivity contribution in [2.75, 3.05) is 0 Å². The fraction of sp³-hybridized carbons (Fsp3) is 0.611. The van der Waals surface area contributed by atoms with Crippen LogP contribution >= 0.6 is 0 Å². The Kier molecular flexibility index (Phi) is 3.10. The van der Waals surface area contributed by atoms with Crippen molar-refractivity contribution in [2.24, 2.45) is 5.92 Å². The number of aryl methyl sites for hydroxylation is 1. The van der Waals surface area contributed by atoms with Crippen LogP contribution in [0.1, 0.15) is 38.7 Å². The molecule has 1 aliphatic carbocycles. The molecule has 118 valence electrons. The second-order valence-electron chi connectivity index (χ2n) is 7.14. The number of hydrogen-bond acceptors (Lipinski definition) is 4. The number of rotatable bonds is 3. The van der Waals surface area contributed by atoms with Gasteiger partial charge < -0.3 is 14.2 Å². The zero-order valence-corrected chi connectivity index (χ0v) is 13.1. The van der Waals surface area contributed by atoms with E-state index in [1.165, 1.54) is 5.56 Å². The van der Waals surface area contributed by atoms with Crippen LogP contribution < -0.4 is 0 Å². The van der Waals surface area contributed by atoms with E-state index < -0.39 is 11.4 Å². The van der Waals surface area contributed by atoms with Gasteiger partial charge in [0.1, 0.15) is 5.60 Å². The minimum Gasteiger partial charge on any atom is -0.433 e. The Balaban J connectivity index is 1.44. The molecule has 1 spiro atoms. The van der Waals surface area contributed by atoms with Gasteiger partial charge in [0.05, 0.1) is 18.1 Å². The molecule has 4 nitrogen and oxygen atoms in total. The van der Waals surface area contributed by atoms with Gasteiger partial charge in [-0.05, 0) is 24.8 Å². The minimum absolute atomic E-state index is 0.0467. The fourth-order valence-electron chi connectivity index (χ4n) is 4.17. The fourth-order valence-corrected chi connectivity index (χ4v) is 4.17. The Morgan fingerprint density at radius 1 is 1.23 bits per heavy atom. The molecule has 1 aromatic carbocycles. The Morgan fingerprint density at radius 3 is 2.77 bits per heavy atom. The van der Waals surface area contributed by atoms with Gasteiger partial charge >= 0.3 is 5.97 Å². The molecular formula is C18H22O4. The van der Waals surface area contributed by atoms with E-state index in [0.29, 0.717) is 0 Å². The molecule has 0 N–H and O–H groups in total. The van der Waals surface area contributed by atoms with E-state index >= 15 is 0 Å². The molecular weight excluding hydrogens is 280 g/mol. The molecule has 0 bridgehead atoms. The first-order valence-corrected chi connectivity index (χ1v) is 8.11. The predicted octanol–water partition coefficient (Wildman–Crippen LogP) is 2.84. The lowest BCUT2D eigenvalue weighted by Crippen LogP contribution is -2.68. The van der Waals surface area contributed by atoms with Crippen molar-refractivity contribution in [2.45, 2.75) is 63.1 Å². The Hall–Kier alpha value is -1.39. The molecule has 3 fully saturated rings. The third-order valence-electron chi connectivity index (χ3n) is 5.15. The highest BCUT2D eigenvalue weighted by Gasteiger charge is 2.69. The lowest BCUT2D eigenvalue weighted by atomic mass is 9.65. The lowest BCUT2D eigenvalue weighted by Gasteiger charge is -2.55. The second-order valence-corrected chi connectivity index (χ2v) is 7.14. The van der Waals surface area contributed by atoms with Crippen molar-refractivity contribution < 1.29 is 19.0 Å². The molecule has 1 aromatic rings. The van der Waals surface area contributed by atoms with E-state index in [4.69, 9.17) is 14.2 Å². The summed E-state index contributed by atoms with van der Waals surface area (Å²) in [6, 6.07) is 10.4. The molecule has 2 heterocycles. The molecule has 0 aromatic heterocycles. The highest BCUT2D eigenvalue weighted by molar-refractivity contribution is 5.77. The lowest BCUT2D eigenvalue weighted by molar-refractivity contribution is -0.342. The number of carbonyl (C=O) groups excluding carboxylic acids is 1. The van der Waals surface area contributed by atoms with E-state index in [-0.39, 0.29) is 24.1 Å². The molecule has 0 unspecified atom stereocenters. The van der Waals surface area contributed by atoms with Crippen molar-refractivity contribution >= 4 is 5.97 Å². The summed E-state index contributed by atoms with van der Waals surface area (Å²) in [6.07, 6.45) is 3.70. The van der Waals surface area contributed by atoms with Gasteiger partial charge in [0.2, 0.25) is 5.79 Å².